The minimum Gasteiger partial charge on any atom is -0.450 e. The standard InChI is InChI=1S/C9H16N4O4/c1-3-5-6(12-13-11)7(14)8(15)9(17-5)16-4(2)10/h5-10,14-15H,3H2,1-2H3. The van der Waals surface area contributed by atoms with Gasteiger partial charge in [-0.1, -0.05) is 12.0 Å². The predicted molar refractivity (Wildman–Crippen MR) is 58.4 cm³/mol. The maximum absolute atomic E-state index is 9.81. The summed E-state index contributed by atoms with van der Waals surface area (Å²) < 4.78 is 10.3. The Hall–Kier alpha value is -1.34. The summed E-state index contributed by atoms with van der Waals surface area (Å²) in [5, 5.41) is 30.1. The number of nitrogens with one attached hydrogen (secondary N) is 1. The van der Waals surface area contributed by atoms with Crippen molar-refractivity contribution in [1.29, 1.82) is 5.41 Å². The summed E-state index contributed by atoms with van der Waals surface area (Å²) >= 11 is 0. The molecule has 1 fully saturated rings. The Balaban J connectivity index is 2.84. The molecule has 1 saturated heterocycles. The van der Waals surface area contributed by atoms with Gasteiger partial charge < -0.3 is 19.7 Å². The van der Waals surface area contributed by atoms with Gasteiger partial charge >= 0.3 is 0 Å². The van der Waals surface area contributed by atoms with E-state index in [9.17, 15) is 10.2 Å². The van der Waals surface area contributed by atoms with Crippen LogP contribution >= 0.6 is 0 Å². The highest BCUT2D eigenvalue weighted by Gasteiger charge is 2.44. The summed E-state index contributed by atoms with van der Waals surface area (Å²) in [6.07, 6.45) is -3.79. The molecular weight excluding hydrogens is 228 g/mol. The maximum Gasteiger partial charge on any atom is 0.230 e. The second kappa shape index (κ2) is 5.83. The van der Waals surface area contributed by atoms with Crippen LogP contribution in [0.2, 0.25) is 0 Å². The van der Waals surface area contributed by atoms with Crippen LogP contribution in [0.3, 0.4) is 0 Å². The largest absolute Gasteiger partial charge is 0.450 e. The van der Waals surface area contributed by atoms with Crippen molar-refractivity contribution in [2.24, 2.45) is 5.11 Å². The third-order valence-corrected chi connectivity index (χ3v) is 2.55. The van der Waals surface area contributed by atoms with Crippen LogP contribution in [0, 0.1) is 5.41 Å². The second-order valence-corrected chi connectivity index (χ2v) is 3.80. The molecule has 0 spiro atoms. The molecule has 1 rings (SSSR count). The summed E-state index contributed by atoms with van der Waals surface area (Å²) in [7, 11) is 0. The molecule has 5 unspecified atom stereocenters. The van der Waals surface area contributed by atoms with Gasteiger partial charge in [0, 0.05) is 11.8 Å². The zero-order valence-electron chi connectivity index (χ0n) is 9.65. The molecular formula is C9H16N4O4. The number of aliphatic hydroxyl groups is 2. The Bertz CT molecular complexity index is 327. The van der Waals surface area contributed by atoms with Gasteiger partial charge in [0.15, 0.2) is 5.90 Å². The van der Waals surface area contributed by atoms with Gasteiger partial charge in [-0.15, -0.1) is 0 Å². The predicted octanol–water partition coefficient (Wildman–Crippen LogP) is 0.536. The topological polar surface area (TPSA) is 132 Å². The van der Waals surface area contributed by atoms with Crippen molar-refractivity contribution in [1.82, 2.24) is 0 Å². The Morgan fingerprint density at radius 1 is 1.53 bits per heavy atom. The third-order valence-electron chi connectivity index (χ3n) is 2.55. The molecule has 0 aromatic rings. The third kappa shape index (κ3) is 3.07. The minimum atomic E-state index is -1.35. The monoisotopic (exact) mass is 244 g/mol. The molecule has 1 heterocycles. The molecule has 0 aromatic heterocycles. The van der Waals surface area contributed by atoms with E-state index in [0.29, 0.717) is 6.42 Å². The van der Waals surface area contributed by atoms with E-state index < -0.39 is 30.6 Å². The molecule has 96 valence electrons. The molecule has 0 bridgehead atoms. The van der Waals surface area contributed by atoms with Crippen molar-refractivity contribution in [2.45, 2.75) is 50.9 Å². The maximum atomic E-state index is 9.81. The van der Waals surface area contributed by atoms with Crippen LogP contribution in [0.1, 0.15) is 20.3 Å². The molecule has 8 nitrogen and oxygen atoms in total. The fraction of sp³-hybridized carbons (Fsp3) is 0.889. The molecule has 5 atom stereocenters. The molecule has 0 radical (unpaired) electrons. The highest BCUT2D eigenvalue weighted by Crippen LogP contribution is 2.26. The van der Waals surface area contributed by atoms with E-state index in [1.807, 2.05) is 0 Å². The molecule has 0 aromatic carbocycles. The summed E-state index contributed by atoms with van der Waals surface area (Å²) in [5.41, 5.74) is 8.39. The Morgan fingerprint density at radius 3 is 2.65 bits per heavy atom. The first kappa shape index (κ1) is 13.7. The molecule has 1 aliphatic rings. The zero-order chi connectivity index (χ0) is 13.0. The smallest absolute Gasteiger partial charge is 0.230 e. The van der Waals surface area contributed by atoms with Gasteiger partial charge in [0.05, 0.1) is 18.2 Å². The summed E-state index contributed by atoms with van der Waals surface area (Å²) in [5.74, 6) is -0.127. The van der Waals surface area contributed by atoms with Crippen LogP contribution < -0.4 is 0 Å². The normalized spacial score (nSPS) is 37.1. The molecule has 0 amide bonds. The van der Waals surface area contributed by atoms with E-state index >= 15 is 0 Å². The summed E-state index contributed by atoms with van der Waals surface area (Å²) in [6, 6.07) is -0.856. The number of hydrogen-bond donors (Lipinski definition) is 3. The van der Waals surface area contributed by atoms with E-state index in [4.69, 9.17) is 20.4 Å². The van der Waals surface area contributed by atoms with E-state index in [-0.39, 0.29) is 5.90 Å². The molecule has 3 N–H and O–H groups in total. The van der Waals surface area contributed by atoms with Crippen LogP contribution in [0.25, 0.3) is 10.4 Å². The number of rotatable bonds is 3. The van der Waals surface area contributed by atoms with Crippen LogP contribution in [0.5, 0.6) is 0 Å². The second-order valence-electron chi connectivity index (χ2n) is 3.80. The van der Waals surface area contributed by atoms with Gasteiger partial charge in [-0.2, -0.15) is 0 Å². The Morgan fingerprint density at radius 2 is 2.18 bits per heavy atom. The number of azide groups is 1. The van der Waals surface area contributed by atoms with E-state index in [1.54, 1.807) is 6.92 Å². The van der Waals surface area contributed by atoms with E-state index in [0.717, 1.165) is 0 Å². The lowest BCUT2D eigenvalue weighted by molar-refractivity contribution is -0.247. The van der Waals surface area contributed by atoms with Crippen LogP contribution in [-0.2, 0) is 9.47 Å². The van der Waals surface area contributed by atoms with Crippen LogP contribution in [-0.4, -0.2) is 46.8 Å². The minimum absolute atomic E-state index is 0.127. The van der Waals surface area contributed by atoms with Gasteiger partial charge in [0.2, 0.25) is 6.29 Å². The van der Waals surface area contributed by atoms with Gasteiger partial charge in [-0.25, -0.2) is 0 Å². The van der Waals surface area contributed by atoms with Gasteiger partial charge in [-0.05, 0) is 12.0 Å². The Labute approximate surface area is 98.3 Å². The van der Waals surface area contributed by atoms with Gasteiger partial charge in [0.25, 0.3) is 0 Å². The van der Waals surface area contributed by atoms with Crippen LogP contribution in [0.15, 0.2) is 5.11 Å². The number of nitrogens with zero attached hydrogens (tertiary/aromatic N) is 3. The first-order chi connectivity index (χ1) is 8.01. The number of hydrogen-bond acceptors (Lipinski definition) is 6. The number of aliphatic hydroxyl groups excluding tert-OH is 2. The van der Waals surface area contributed by atoms with E-state index in [2.05, 4.69) is 10.0 Å². The Kier molecular flexibility index (Phi) is 4.71. The fourth-order valence-electron chi connectivity index (χ4n) is 1.73. The lowest BCUT2D eigenvalue weighted by atomic mass is 9.95. The van der Waals surface area contributed by atoms with Crippen molar-refractivity contribution in [3.63, 3.8) is 0 Å². The quantitative estimate of drug-likeness (QED) is 0.220. The lowest BCUT2D eigenvalue weighted by Crippen LogP contribution is -2.57. The van der Waals surface area contributed by atoms with Crippen LogP contribution in [0.4, 0.5) is 0 Å². The number of ether oxygens (including phenoxy) is 2. The van der Waals surface area contributed by atoms with Crippen molar-refractivity contribution >= 4 is 5.90 Å². The SMILES string of the molecule is CCC1OC(OC(C)=N)C(O)C(O)C1N=[N+]=[N-]. The van der Waals surface area contributed by atoms with Crippen molar-refractivity contribution in [3.05, 3.63) is 10.4 Å². The average molecular weight is 244 g/mol. The summed E-state index contributed by atoms with van der Waals surface area (Å²) in [4.78, 5) is 2.62. The molecule has 8 heteroatoms. The molecule has 0 aliphatic carbocycles. The summed E-state index contributed by atoms with van der Waals surface area (Å²) in [6.45, 7) is 3.19. The zero-order valence-corrected chi connectivity index (χ0v) is 9.65. The highest BCUT2D eigenvalue weighted by molar-refractivity contribution is 5.69. The first-order valence-electron chi connectivity index (χ1n) is 5.28. The lowest BCUT2D eigenvalue weighted by Gasteiger charge is -2.40. The fourth-order valence-corrected chi connectivity index (χ4v) is 1.73. The first-order valence-corrected chi connectivity index (χ1v) is 5.28. The van der Waals surface area contributed by atoms with Crippen molar-refractivity contribution < 1.29 is 19.7 Å². The van der Waals surface area contributed by atoms with Crippen molar-refractivity contribution in [2.75, 3.05) is 0 Å². The molecule has 17 heavy (non-hydrogen) atoms. The molecule has 1 aliphatic heterocycles. The van der Waals surface area contributed by atoms with Crippen molar-refractivity contribution in [3.8, 4) is 0 Å². The van der Waals surface area contributed by atoms with Gasteiger partial charge in [0.1, 0.15) is 6.10 Å². The molecule has 0 saturated carbocycles. The average Bonchev–Trinajstić information content (AvgIpc) is 2.28. The van der Waals surface area contributed by atoms with E-state index in [1.165, 1.54) is 6.92 Å². The highest BCUT2D eigenvalue weighted by atomic mass is 16.7. The van der Waals surface area contributed by atoms with Gasteiger partial charge in [-0.3, -0.25) is 5.41 Å².